The molecule has 19 heavy (non-hydrogen) atoms. The summed E-state index contributed by atoms with van der Waals surface area (Å²) in [6.07, 6.45) is 0. The van der Waals surface area contributed by atoms with Crippen molar-refractivity contribution in [2.24, 2.45) is 0 Å². The summed E-state index contributed by atoms with van der Waals surface area (Å²) in [7, 11) is 0. The van der Waals surface area contributed by atoms with E-state index in [-0.39, 0.29) is 5.76 Å². The lowest BCUT2D eigenvalue weighted by Crippen LogP contribution is -1.98. The van der Waals surface area contributed by atoms with Gasteiger partial charge in [0, 0.05) is 11.3 Å². The third-order valence-corrected chi connectivity index (χ3v) is 2.62. The molecule has 0 saturated carbocycles. The van der Waals surface area contributed by atoms with Crippen molar-refractivity contribution in [3.8, 4) is 6.07 Å². The third-order valence-electron chi connectivity index (χ3n) is 2.62. The first-order valence-electron chi connectivity index (χ1n) is 5.67. The number of benzene rings is 1. The van der Waals surface area contributed by atoms with E-state index in [0.717, 1.165) is 5.69 Å². The van der Waals surface area contributed by atoms with Crippen molar-refractivity contribution in [2.45, 2.75) is 13.5 Å². The van der Waals surface area contributed by atoms with Gasteiger partial charge in [-0.05, 0) is 31.2 Å². The van der Waals surface area contributed by atoms with E-state index >= 15 is 0 Å². The second kappa shape index (κ2) is 5.27. The van der Waals surface area contributed by atoms with Gasteiger partial charge in [-0.1, -0.05) is 6.07 Å². The Morgan fingerprint density at radius 3 is 2.89 bits per heavy atom. The molecule has 1 aromatic heterocycles. The zero-order valence-corrected chi connectivity index (χ0v) is 10.3. The maximum absolute atomic E-state index is 10.8. The summed E-state index contributed by atoms with van der Waals surface area (Å²) in [6, 6.07) is 10.8. The standard InChI is InChI=1S/C14H12N2O3/c1-9-5-12(19-13(9)14(17)18)8-16-11-4-2-3-10(6-11)7-15/h2-6,16H,8H2,1H3,(H,17,18). The van der Waals surface area contributed by atoms with Crippen LogP contribution < -0.4 is 5.32 Å². The van der Waals surface area contributed by atoms with Crippen molar-refractivity contribution in [3.63, 3.8) is 0 Å². The quantitative estimate of drug-likeness (QED) is 0.878. The smallest absolute Gasteiger partial charge is 0.372 e. The summed E-state index contributed by atoms with van der Waals surface area (Å²) in [5.41, 5.74) is 1.94. The lowest BCUT2D eigenvalue weighted by Gasteiger charge is -2.04. The molecule has 0 radical (unpaired) electrons. The minimum atomic E-state index is -1.07. The first kappa shape index (κ1) is 12.7. The maximum atomic E-state index is 10.8. The van der Waals surface area contributed by atoms with Crippen LogP contribution >= 0.6 is 0 Å². The first-order chi connectivity index (χ1) is 9.10. The Bertz CT molecular complexity index is 653. The lowest BCUT2D eigenvalue weighted by molar-refractivity contribution is 0.0659. The molecule has 1 heterocycles. The summed E-state index contributed by atoms with van der Waals surface area (Å²) in [4.78, 5) is 10.8. The molecular formula is C14H12N2O3. The van der Waals surface area contributed by atoms with Gasteiger partial charge in [0.2, 0.25) is 5.76 Å². The maximum Gasteiger partial charge on any atom is 0.372 e. The highest BCUT2D eigenvalue weighted by atomic mass is 16.4. The number of hydrogen-bond donors (Lipinski definition) is 2. The van der Waals surface area contributed by atoms with Crippen molar-refractivity contribution < 1.29 is 14.3 Å². The van der Waals surface area contributed by atoms with Crippen LogP contribution in [0, 0.1) is 18.3 Å². The predicted octanol–water partition coefficient (Wildman–Crippen LogP) is 2.77. The highest BCUT2D eigenvalue weighted by molar-refractivity contribution is 5.86. The molecule has 0 saturated heterocycles. The average Bonchev–Trinajstić information content (AvgIpc) is 2.78. The van der Waals surface area contributed by atoms with E-state index in [4.69, 9.17) is 14.8 Å². The zero-order valence-electron chi connectivity index (χ0n) is 10.3. The molecule has 2 rings (SSSR count). The molecule has 0 spiro atoms. The Morgan fingerprint density at radius 1 is 1.47 bits per heavy atom. The average molecular weight is 256 g/mol. The Labute approximate surface area is 110 Å². The molecule has 0 aliphatic heterocycles. The van der Waals surface area contributed by atoms with Crippen molar-refractivity contribution >= 4 is 11.7 Å². The number of aryl methyl sites for hydroxylation is 1. The molecule has 0 unspecified atom stereocenters. The van der Waals surface area contributed by atoms with E-state index < -0.39 is 5.97 Å². The number of carboxylic acids is 1. The minimum Gasteiger partial charge on any atom is -0.475 e. The molecule has 0 bridgehead atoms. The molecule has 96 valence electrons. The normalized spacial score (nSPS) is 9.89. The molecular weight excluding hydrogens is 244 g/mol. The SMILES string of the molecule is Cc1cc(CNc2cccc(C#N)c2)oc1C(=O)O. The number of carboxylic acid groups (broad SMARTS) is 1. The monoisotopic (exact) mass is 256 g/mol. The van der Waals surface area contributed by atoms with Gasteiger partial charge in [0.1, 0.15) is 5.76 Å². The van der Waals surface area contributed by atoms with Gasteiger partial charge in [0.05, 0.1) is 18.2 Å². The van der Waals surface area contributed by atoms with E-state index in [0.29, 0.717) is 23.4 Å². The highest BCUT2D eigenvalue weighted by Crippen LogP contribution is 2.17. The van der Waals surface area contributed by atoms with E-state index in [1.54, 1.807) is 31.2 Å². The number of furan rings is 1. The van der Waals surface area contributed by atoms with Gasteiger partial charge in [-0.2, -0.15) is 5.26 Å². The third kappa shape index (κ3) is 2.93. The summed E-state index contributed by atoms with van der Waals surface area (Å²) in [5, 5.41) is 20.7. The molecule has 0 amide bonds. The van der Waals surface area contributed by atoms with E-state index in [1.165, 1.54) is 0 Å². The number of hydrogen-bond acceptors (Lipinski definition) is 4. The fourth-order valence-electron chi connectivity index (χ4n) is 1.74. The van der Waals surface area contributed by atoms with Gasteiger partial charge in [0.25, 0.3) is 0 Å². The van der Waals surface area contributed by atoms with Gasteiger partial charge in [-0.25, -0.2) is 4.79 Å². The van der Waals surface area contributed by atoms with Crippen LogP contribution in [0.1, 0.15) is 27.4 Å². The van der Waals surface area contributed by atoms with Gasteiger partial charge < -0.3 is 14.8 Å². The summed E-state index contributed by atoms with van der Waals surface area (Å²) < 4.78 is 5.23. The van der Waals surface area contributed by atoms with Crippen molar-refractivity contribution in [1.29, 1.82) is 5.26 Å². The fourth-order valence-corrected chi connectivity index (χ4v) is 1.74. The molecule has 5 nitrogen and oxygen atoms in total. The number of anilines is 1. The minimum absolute atomic E-state index is 0.0393. The molecule has 5 heteroatoms. The lowest BCUT2D eigenvalue weighted by atomic mass is 10.2. The first-order valence-corrected chi connectivity index (χ1v) is 5.67. The number of nitriles is 1. The van der Waals surface area contributed by atoms with Crippen molar-refractivity contribution in [2.75, 3.05) is 5.32 Å². The van der Waals surface area contributed by atoms with Crippen molar-refractivity contribution in [1.82, 2.24) is 0 Å². The summed E-state index contributed by atoms with van der Waals surface area (Å²) in [6.45, 7) is 2.05. The van der Waals surface area contributed by atoms with Crippen LogP contribution in [0.4, 0.5) is 5.69 Å². The molecule has 0 aliphatic carbocycles. The van der Waals surface area contributed by atoms with E-state index in [9.17, 15) is 4.79 Å². The number of nitrogens with zero attached hydrogens (tertiary/aromatic N) is 1. The fraction of sp³-hybridized carbons (Fsp3) is 0.143. The van der Waals surface area contributed by atoms with Gasteiger partial charge in [0.15, 0.2) is 0 Å². The number of nitrogens with one attached hydrogen (secondary N) is 1. The molecule has 2 N–H and O–H groups in total. The number of rotatable bonds is 4. The predicted molar refractivity (Wildman–Crippen MR) is 68.9 cm³/mol. The Balaban J connectivity index is 2.08. The van der Waals surface area contributed by atoms with Crippen LogP contribution in [-0.2, 0) is 6.54 Å². The van der Waals surface area contributed by atoms with Crippen LogP contribution in [0.15, 0.2) is 34.7 Å². The molecule has 0 aliphatic rings. The largest absolute Gasteiger partial charge is 0.475 e. The van der Waals surface area contributed by atoms with Gasteiger partial charge >= 0.3 is 5.97 Å². The molecule has 1 aromatic carbocycles. The second-order valence-electron chi connectivity index (χ2n) is 4.08. The van der Waals surface area contributed by atoms with Gasteiger partial charge in [-0.3, -0.25) is 0 Å². The van der Waals surface area contributed by atoms with Crippen LogP contribution in [0.3, 0.4) is 0 Å². The summed E-state index contributed by atoms with van der Waals surface area (Å²) >= 11 is 0. The molecule has 0 atom stereocenters. The zero-order chi connectivity index (χ0) is 13.8. The van der Waals surface area contributed by atoms with Crippen LogP contribution in [-0.4, -0.2) is 11.1 Å². The van der Waals surface area contributed by atoms with Crippen molar-refractivity contribution in [3.05, 3.63) is 53.0 Å². The van der Waals surface area contributed by atoms with Gasteiger partial charge in [-0.15, -0.1) is 0 Å². The summed E-state index contributed by atoms with van der Waals surface area (Å²) in [5.74, 6) is -0.574. The van der Waals surface area contributed by atoms with E-state index in [1.807, 2.05) is 6.07 Å². The number of aromatic carboxylic acids is 1. The van der Waals surface area contributed by atoms with E-state index in [2.05, 4.69) is 11.4 Å². The second-order valence-corrected chi connectivity index (χ2v) is 4.08. The Hall–Kier alpha value is -2.74. The topological polar surface area (TPSA) is 86.3 Å². The Kier molecular flexibility index (Phi) is 3.53. The number of carbonyl (C=O) groups is 1. The van der Waals surface area contributed by atoms with Crippen LogP contribution in [0.25, 0.3) is 0 Å². The van der Waals surface area contributed by atoms with Crippen LogP contribution in [0.2, 0.25) is 0 Å². The van der Waals surface area contributed by atoms with Crippen LogP contribution in [0.5, 0.6) is 0 Å². The molecule has 2 aromatic rings. The molecule has 0 fully saturated rings. The Morgan fingerprint density at radius 2 is 2.26 bits per heavy atom. The highest BCUT2D eigenvalue weighted by Gasteiger charge is 2.13.